The number of rotatable bonds is 2. The Morgan fingerprint density at radius 1 is 1.26 bits per heavy atom. The fourth-order valence-electron chi connectivity index (χ4n) is 2.18. The Morgan fingerprint density at radius 2 is 2.00 bits per heavy atom. The quantitative estimate of drug-likeness (QED) is 0.775. The minimum atomic E-state index is -0.0507. The van der Waals surface area contributed by atoms with Crippen molar-refractivity contribution in [2.24, 2.45) is 0 Å². The average Bonchev–Trinajstić information content (AvgIpc) is 2.83. The first-order valence-corrected chi connectivity index (χ1v) is 7.02. The van der Waals surface area contributed by atoms with E-state index in [2.05, 4.69) is 29.0 Å². The monoisotopic (exact) mass is 270 g/mol. The molecule has 3 aromatic rings. The molecule has 0 aliphatic carbocycles. The SMILES string of the molecule is Cc1nc2sc(C(C)c3ccccc3)cc2c(=O)[nH]1. The van der Waals surface area contributed by atoms with Crippen LogP contribution in [-0.2, 0) is 0 Å². The lowest BCUT2D eigenvalue weighted by molar-refractivity contribution is 0.948. The van der Waals surface area contributed by atoms with Crippen LogP contribution in [-0.4, -0.2) is 9.97 Å². The summed E-state index contributed by atoms with van der Waals surface area (Å²) in [7, 11) is 0. The molecule has 96 valence electrons. The van der Waals surface area contributed by atoms with E-state index in [1.807, 2.05) is 24.3 Å². The highest BCUT2D eigenvalue weighted by Gasteiger charge is 2.14. The molecule has 0 saturated heterocycles. The molecule has 0 aliphatic rings. The number of fused-ring (bicyclic) bond motifs is 1. The van der Waals surface area contributed by atoms with Gasteiger partial charge in [-0.1, -0.05) is 37.3 Å². The van der Waals surface area contributed by atoms with Crippen molar-refractivity contribution in [2.45, 2.75) is 19.8 Å². The lowest BCUT2D eigenvalue weighted by Crippen LogP contribution is -2.07. The number of aromatic nitrogens is 2. The summed E-state index contributed by atoms with van der Waals surface area (Å²) in [4.78, 5) is 21.0. The summed E-state index contributed by atoms with van der Waals surface area (Å²) in [5.41, 5.74) is 1.20. The summed E-state index contributed by atoms with van der Waals surface area (Å²) in [5.74, 6) is 0.943. The van der Waals surface area contributed by atoms with Crippen LogP contribution in [0.1, 0.15) is 29.1 Å². The second kappa shape index (κ2) is 4.63. The molecule has 0 fully saturated rings. The van der Waals surface area contributed by atoms with E-state index in [0.29, 0.717) is 11.2 Å². The van der Waals surface area contributed by atoms with Crippen LogP contribution in [0.2, 0.25) is 0 Å². The predicted molar refractivity (Wildman–Crippen MR) is 78.9 cm³/mol. The largest absolute Gasteiger partial charge is 0.310 e. The lowest BCUT2D eigenvalue weighted by atomic mass is 10.00. The number of H-pyrrole nitrogens is 1. The van der Waals surface area contributed by atoms with Gasteiger partial charge in [-0.05, 0) is 18.6 Å². The van der Waals surface area contributed by atoms with Crippen molar-refractivity contribution in [3.63, 3.8) is 0 Å². The summed E-state index contributed by atoms with van der Waals surface area (Å²) < 4.78 is 0. The molecule has 4 heteroatoms. The van der Waals surface area contributed by atoms with Crippen molar-refractivity contribution in [3.05, 3.63) is 63.0 Å². The number of aromatic amines is 1. The van der Waals surface area contributed by atoms with Crippen molar-refractivity contribution < 1.29 is 0 Å². The van der Waals surface area contributed by atoms with E-state index in [1.54, 1.807) is 18.3 Å². The molecule has 1 unspecified atom stereocenters. The maximum absolute atomic E-state index is 11.9. The van der Waals surface area contributed by atoms with Gasteiger partial charge in [-0.15, -0.1) is 11.3 Å². The number of nitrogens with one attached hydrogen (secondary N) is 1. The van der Waals surface area contributed by atoms with Crippen LogP contribution >= 0.6 is 11.3 Å². The van der Waals surface area contributed by atoms with Gasteiger partial charge in [0.2, 0.25) is 0 Å². The normalized spacial score (nSPS) is 12.7. The predicted octanol–water partition coefficient (Wildman–Crippen LogP) is 3.44. The van der Waals surface area contributed by atoms with E-state index in [4.69, 9.17) is 0 Å². The number of hydrogen-bond donors (Lipinski definition) is 1. The van der Waals surface area contributed by atoms with Gasteiger partial charge in [0, 0.05) is 10.8 Å². The number of thiophene rings is 1. The van der Waals surface area contributed by atoms with Gasteiger partial charge in [0.1, 0.15) is 10.7 Å². The second-order valence-electron chi connectivity index (χ2n) is 4.65. The van der Waals surface area contributed by atoms with Crippen molar-refractivity contribution >= 4 is 21.6 Å². The molecule has 2 heterocycles. The van der Waals surface area contributed by atoms with Crippen LogP contribution in [0.5, 0.6) is 0 Å². The van der Waals surface area contributed by atoms with E-state index in [-0.39, 0.29) is 11.5 Å². The number of aryl methyl sites for hydroxylation is 1. The van der Waals surface area contributed by atoms with Crippen LogP contribution < -0.4 is 5.56 Å². The molecular formula is C15H14N2OS. The Kier molecular flexibility index (Phi) is 2.95. The van der Waals surface area contributed by atoms with E-state index in [1.165, 1.54) is 10.4 Å². The second-order valence-corrected chi connectivity index (χ2v) is 5.71. The fraction of sp³-hybridized carbons (Fsp3) is 0.200. The summed E-state index contributed by atoms with van der Waals surface area (Å²) in [6.07, 6.45) is 0. The molecule has 2 aromatic heterocycles. The van der Waals surface area contributed by atoms with Gasteiger partial charge >= 0.3 is 0 Å². The molecule has 1 N–H and O–H groups in total. The Bertz CT molecular complexity index is 774. The van der Waals surface area contributed by atoms with Gasteiger partial charge in [0.15, 0.2) is 0 Å². The van der Waals surface area contributed by atoms with E-state index < -0.39 is 0 Å². The van der Waals surface area contributed by atoms with E-state index in [9.17, 15) is 4.79 Å². The summed E-state index contributed by atoms with van der Waals surface area (Å²) in [6.45, 7) is 3.96. The summed E-state index contributed by atoms with van der Waals surface area (Å²) in [6, 6.07) is 12.3. The lowest BCUT2D eigenvalue weighted by Gasteiger charge is -2.08. The van der Waals surface area contributed by atoms with Crippen molar-refractivity contribution in [3.8, 4) is 0 Å². The zero-order valence-electron chi connectivity index (χ0n) is 10.8. The number of hydrogen-bond acceptors (Lipinski definition) is 3. The van der Waals surface area contributed by atoms with Crippen molar-refractivity contribution in [1.82, 2.24) is 9.97 Å². The molecule has 3 nitrogen and oxygen atoms in total. The molecule has 0 aliphatic heterocycles. The Balaban J connectivity index is 2.12. The first-order valence-electron chi connectivity index (χ1n) is 6.20. The van der Waals surface area contributed by atoms with Crippen LogP contribution in [0.15, 0.2) is 41.2 Å². The minimum absolute atomic E-state index is 0.0507. The third kappa shape index (κ3) is 2.19. The molecule has 1 atom stereocenters. The van der Waals surface area contributed by atoms with E-state index in [0.717, 1.165) is 4.83 Å². The van der Waals surface area contributed by atoms with Gasteiger partial charge in [-0.2, -0.15) is 0 Å². The third-order valence-corrected chi connectivity index (χ3v) is 4.48. The highest BCUT2D eigenvalue weighted by molar-refractivity contribution is 7.18. The van der Waals surface area contributed by atoms with Crippen LogP contribution in [0.25, 0.3) is 10.2 Å². The standard InChI is InChI=1S/C15H14N2OS/c1-9(11-6-4-3-5-7-11)13-8-12-14(18)16-10(2)17-15(12)19-13/h3-9H,1-2H3,(H,16,17,18). The van der Waals surface area contributed by atoms with Gasteiger partial charge in [0.25, 0.3) is 5.56 Å². The molecule has 0 amide bonds. The van der Waals surface area contributed by atoms with Crippen molar-refractivity contribution in [2.75, 3.05) is 0 Å². The maximum atomic E-state index is 11.9. The summed E-state index contributed by atoms with van der Waals surface area (Å²) >= 11 is 1.60. The van der Waals surface area contributed by atoms with Crippen molar-refractivity contribution in [1.29, 1.82) is 0 Å². The highest BCUT2D eigenvalue weighted by atomic mass is 32.1. The van der Waals surface area contributed by atoms with Crippen LogP contribution in [0.4, 0.5) is 0 Å². The average molecular weight is 270 g/mol. The van der Waals surface area contributed by atoms with E-state index >= 15 is 0 Å². The maximum Gasteiger partial charge on any atom is 0.259 e. The van der Waals surface area contributed by atoms with Gasteiger partial charge in [-0.25, -0.2) is 4.98 Å². The molecular weight excluding hydrogens is 256 g/mol. The Hall–Kier alpha value is -1.94. The third-order valence-electron chi connectivity index (χ3n) is 3.27. The topological polar surface area (TPSA) is 45.8 Å². The Morgan fingerprint density at radius 3 is 2.74 bits per heavy atom. The Labute approximate surface area is 115 Å². The number of nitrogens with zero attached hydrogens (tertiary/aromatic N) is 1. The van der Waals surface area contributed by atoms with Gasteiger partial charge in [-0.3, -0.25) is 4.79 Å². The zero-order valence-corrected chi connectivity index (χ0v) is 11.6. The van der Waals surface area contributed by atoms with Crippen LogP contribution in [0, 0.1) is 6.92 Å². The molecule has 0 bridgehead atoms. The number of benzene rings is 1. The minimum Gasteiger partial charge on any atom is -0.310 e. The zero-order chi connectivity index (χ0) is 13.4. The molecule has 1 aromatic carbocycles. The highest BCUT2D eigenvalue weighted by Crippen LogP contribution is 2.32. The van der Waals surface area contributed by atoms with Crippen LogP contribution in [0.3, 0.4) is 0 Å². The molecule has 19 heavy (non-hydrogen) atoms. The van der Waals surface area contributed by atoms with Gasteiger partial charge in [0.05, 0.1) is 5.39 Å². The fourth-order valence-corrected chi connectivity index (χ4v) is 3.33. The first-order chi connectivity index (χ1) is 9.15. The molecule has 3 rings (SSSR count). The first kappa shape index (κ1) is 12.1. The molecule has 0 saturated carbocycles. The molecule has 0 spiro atoms. The molecule has 0 radical (unpaired) electrons. The summed E-state index contributed by atoms with van der Waals surface area (Å²) in [5, 5.41) is 0.688. The van der Waals surface area contributed by atoms with Gasteiger partial charge < -0.3 is 4.98 Å². The smallest absolute Gasteiger partial charge is 0.259 e.